The van der Waals surface area contributed by atoms with Gasteiger partial charge >= 0.3 is 17.9 Å². The Morgan fingerprint density at radius 3 is 2.42 bits per heavy atom. The third kappa shape index (κ3) is 6.23. The normalized spacial score (nSPS) is 12.8. The highest BCUT2D eigenvalue weighted by Crippen LogP contribution is 2.22. The topological polar surface area (TPSA) is 55.8 Å². The number of carbonyl (C=O) groups is 2. The van der Waals surface area contributed by atoms with Crippen LogP contribution in [-0.2, 0) is 25.6 Å². The molecule has 1 aromatic rings. The third-order valence-corrected chi connectivity index (χ3v) is 3.52. The van der Waals surface area contributed by atoms with Crippen LogP contribution in [0.1, 0.15) is 25.8 Å². The first-order chi connectivity index (χ1) is 11.3. The Hall–Kier alpha value is -2.02. The van der Waals surface area contributed by atoms with Crippen molar-refractivity contribution in [1.82, 2.24) is 4.90 Å². The molecule has 0 aliphatic heterocycles. The summed E-state index contributed by atoms with van der Waals surface area (Å²) in [6.45, 7) is 2.33. The highest BCUT2D eigenvalue weighted by atomic mass is 19.3. The van der Waals surface area contributed by atoms with Crippen molar-refractivity contribution in [2.24, 2.45) is 0 Å². The van der Waals surface area contributed by atoms with E-state index in [9.17, 15) is 18.4 Å². The van der Waals surface area contributed by atoms with Crippen molar-refractivity contribution in [3.8, 4) is 0 Å². The van der Waals surface area contributed by atoms with Gasteiger partial charge in [0.05, 0.1) is 26.7 Å². The summed E-state index contributed by atoms with van der Waals surface area (Å²) in [6.07, 6.45) is -0.0533. The van der Waals surface area contributed by atoms with Crippen LogP contribution in [0.2, 0.25) is 0 Å². The molecule has 0 aromatic heterocycles. The van der Waals surface area contributed by atoms with Gasteiger partial charge in [-0.05, 0) is 19.4 Å². The van der Waals surface area contributed by atoms with E-state index >= 15 is 0 Å². The number of hydrogen-bond acceptors (Lipinski definition) is 5. The minimum absolute atomic E-state index is 0.0533. The number of hydrogen-bond donors (Lipinski definition) is 0. The summed E-state index contributed by atoms with van der Waals surface area (Å²) in [5.74, 6) is -5.72. The van der Waals surface area contributed by atoms with Gasteiger partial charge in [0.15, 0.2) is 0 Å². The maximum atomic E-state index is 14.1. The number of carbonyl (C=O) groups excluding carboxylic acids is 2. The molecule has 0 N–H and O–H groups in total. The number of nitrogens with zero attached hydrogens (tertiary/aromatic N) is 1. The average Bonchev–Trinajstić information content (AvgIpc) is 2.55. The van der Waals surface area contributed by atoms with Gasteiger partial charge in [0.1, 0.15) is 0 Å². The van der Waals surface area contributed by atoms with E-state index in [4.69, 9.17) is 0 Å². The molecule has 24 heavy (non-hydrogen) atoms. The molecule has 0 bridgehead atoms. The Morgan fingerprint density at radius 2 is 1.88 bits per heavy atom. The van der Waals surface area contributed by atoms with Crippen LogP contribution in [0.5, 0.6) is 0 Å². The molecule has 0 saturated heterocycles. The second-order valence-corrected chi connectivity index (χ2v) is 5.44. The Balaban J connectivity index is 2.91. The van der Waals surface area contributed by atoms with Crippen LogP contribution in [0.25, 0.3) is 0 Å². The molecule has 0 spiro atoms. The van der Waals surface area contributed by atoms with E-state index in [2.05, 4.69) is 9.47 Å². The minimum Gasteiger partial charge on any atom is -0.469 e. The predicted molar refractivity (Wildman–Crippen MR) is 84.5 cm³/mol. The zero-order valence-electron chi connectivity index (χ0n) is 14.1. The van der Waals surface area contributed by atoms with Crippen molar-refractivity contribution >= 4 is 11.9 Å². The van der Waals surface area contributed by atoms with Gasteiger partial charge in [0, 0.05) is 12.6 Å². The summed E-state index contributed by atoms with van der Waals surface area (Å²) in [5, 5.41) is 0. The number of esters is 2. The van der Waals surface area contributed by atoms with E-state index in [-0.39, 0.29) is 19.6 Å². The van der Waals surface area contributed by atoms with Crippen LogP contribution in [0.15, 0.2) is 30.3 Å². The van der Waals surface area contributed by atoms with Crippen molar-refractivity contribution in [2.45, 2.75) is 38.8 Å². The van der Waals surface area contributed by atoms with Crippen molar-refractivity contribution in [1.29, 1.82) is 0 Å². The van der Waals surface area contributed by atoms with Gasteiger partial charge in [0.2, 0.25) is 0 Å². The van der Waals surface area contributed by atoms with Gasteiger partial charge in [-0.25, -0.2) is 4.79 Å². The largest absolute Gasteiger partial charge is 0.469 e. The molecule has 0 fully saturated rings. The van der Waals surface area contributed by atoms with Crippen LogP contribution >= 0.6 is 0 Å². The van der Waals surface area contributed by atoms with E-state index < -0.39 is 30.4 Å². The zero-order chi connectivity index (χ0) is 18.2. The molecule has 0 amide bonds. The fourth-order valence-corrected chi connectivity index (χ4v) is 2.20. The number of halogens is 2. The minimum atomic E-state index is -3.66. The Morgan fingerprint density at radius 1 is 1.25 bits per heavy atom. The van der Waals surface area contributed by atoms with Crippen molar-refractivity contribution in [3.63, 3.8) is 0 Å². The van der Waals surface area contributed by atoms with Gasteiger partial charge in [-0.15, -0.1) is 0 Å². The lowest BCUT2D eigenvalue weighted by molar-refractivity contribution is -0.175. The molecule has 1 atom stereocenters. The van der Waals surface area contributed by atoms with Crippen LogP contribution in [0.3, 0.4) is 0 Å². The van der Waals surface area contributed by atoms with E-state index in [1.165, 1.54) is 18.9 Å². The van der Waals surface area contributed by atoms with Crippen LogP contribution < -0.4 is 0 Å². The van der Waals surface area contributed by atoms with Crippen molar-refractivity contribution in [2.75, 3.05) is 20.3 Å². The summed E-state index contributed by atoms with van der Waals surface area (Å²) in [6, 6.07) is 8.46. The van der Waals surface area contributed by atoms with Crippen molar-refractivity contribution in [3.05, 3.63) is 35.9 Å². The SMILES string of the molecule is CCOC(=O)C(F)(F)CN(Cc1ccccc1)[C@@H](C)CC(=O)OC. The van der Waals surface area contributed by atoms with Gasteiger partial charge < -0.3 is 9.47 Å². The van der Waals surface area contributed by atoms with E-state index in [0.29, 0.717) is 0 Å². The first kappa shape index (κ1) is 20.0. The predicted octanol–water partition coefficient (Wildman–Crippen LogP) is 2.64. The van der Waals surface area contributed by atoms with E-state index in [1.807, 2.05) is 6.07 Å². The molecule has 0 saturated carbocycles. The smallest absolute Gasteiger partial charge is 0.378 e. The van der Waals surface area contributed by atoms with Gasteiger partial charge in [-0.2, -0.15) is 8.78 Å². The fraction of sp³-hybridized carbons (Fsp3) is 0.529. The quantitative estimate of drug-likeness (QED) is 0.645. The maximum Gasteiger partial charge on any atom is 0.378 e. The van der Waals surface area contributed by atoms with Gasteiger partial charge in [0.25, 0.3) is 0 Å². The average molecular weight is 343 g/mol. The molecule has 7 heteroatoms. The number of benzene rings is 1. The summed E-state index contributed by atoms with van der Waals surface area (Å²) in [5.41, 5.74) is 0.800. The molecule has 134 valence electrons. The first-order valence-corrected chi connectivity index (χ1v) is 7.70. The van der Waals surface area contributed by atoms with Gasteiger partial charge in [-0.3, -0.25) is 9.69 Å². The molecular weight excluding hydrogens is 320 g/mol. The summed E-state index contributed by atoms with van der Waals surface area (Å²) >= 11 is 0. The molecular formula is C17H23F2NO4. The molecule has 5 nitrogen and oxygen atoms in total. The molecule has 0 radical (unpaired) electrons. The summed E-state index contributed by atoms with van der Waals surface area (Å²) < 4.78 is 37.2. The second-order valence-electron chi connectivity index (χ2n) is 5.44. The Kier molecular flexibility index (Phi) is 7.78. The van der Waals surface area contributed by atoms with Crippen molar-refractivity contribution < 1.29 is 27.8 Å². The molecule has 1 rings (SSSR count). The molecule has 0 aliphatic carbocycles. The highest BCUT2D eigenvalue weighted by Gasteiger charge is 2.43. The van der Waals surface area contributed by atoms with Crippen LogP contribution in [0.4, 0.5) is 8.78 Å². The number of alkyl halides is 2. The molecule has 0 heterocycles. The standard InChI is InChI=1S/C17H23F2NO4/c1-4-24-16(22)17(18,19)12-20(13(2)10-15(21)23-3)11-14-8-6-5-7-9-14/h5-9,13H,4,10-12H2,1-3H3/t13-/m0/s1. The van der Waals surface area contributed by atoms with Gasteiger partial charge in [-0.1, -0.05) is 30.3 Å². The number of ether oxygens (including phenoxy) is 2. The summed E-state index contributed by atoms with van der Waals surface area (Å²) in [4.78, 5) is 24.3. The Bertz CT molecular complexity index is 537. The lowest BCUT2D eigenvalue weighted by Gasteiger charge is -2.31. The highest BCUT2D eigenvalue weighted by molar-refractivity contribution is 5.77. The van der Waals surface area contributed by atoms with E-state index in [0.717, 1.165) is 5.56 Å². The number of rotatable bonds is 9. The molecule has 0 unspecified atom stereocenters. The first-order valence-electron chi connectivity index (χ1n) is 7.70. The maximum absolute atomic E-state index is 14.1. The third-order valence-electron chi connectivity index (χ3n) is 3.52. The summed E-state index contributed by atoms with van der Waals surface area (Å²) in [7, 11) is 1.24. The van der Waals surface area contributed by atoms with Crippen LogP contribution in [0, 0.1) is 0 Å². The lowest BCUT2D eigenvalue weighted by Crippen LogP contribution is -2.47. The van der Waals surface area contributed by atoms with E-state index in [1.54, 1.807) is 31.2 Å². The lowest BCUT2D eigenvalue weighted by atomic mass is 10.1. The zero-order valence-corrected chi connectivity index (χ0v) is 14.1. The molecule has 1 aromatic carbocycles. The Labute approximate surface area is 140 Å². The second kappa shape index (κ2) is 9.32. The monoisotopic (exact) mass is 343 g/mol. The molecule has 0 aliphatic rings. The number of methoxy groups -OCH3 is 1. The van der Waals surface area contributed by atoms with Crippen LogP contribution in [-0.4, -0.2) is 49.1 Å². The fourth-order valence-electron chi connectivity index (χ4n) is 2.20.